The fraction of sp³-hybridized carbons (Fsp3) is 0.450. The number of benzene rings is 1. The van der Waals surface area contributed by atoms with E-state index in [2.05, 4.69) is 34.6 Å². The molecule has 7 heteroatoms. The summed E-state index contributed by atoms with van der Waals surface area (Å²) in [6.07, 6.45) is 3.41. The Morgan fingerprint density at radius 3 is 2.81 bits per heavy atom. The summed E-state index contributed by atoms with van der Waals surface area (Å²) in [5.74, 6) is -0.355. The van der Waals surface area contributed by atoms with Crippen LogP contribution in [-0.2, 0) is 17.6 Å². The first-order valence-electron chi connectivity index (χ1n) is 9.27. The van der Waals surface area contributed by atoms with E-state index >= 15 is 0 Å². The van der Waals surface area contributed by atoms with Crippen molar-refractivity contribution in [2.45, 2.75) is 38.5 Å². The predicted octanol–water partition coefficient (Wildman–Crippen LogP) is 3.74. The third kappa shape index (κ3) is 3.56. The Morgan fingerprint density at radius 1 is 1.33 bits per heavy atom. The molecular weight excluding hydrogens is 362 g/mol. The van der Waals surface area contributed by atoms with Crippen LogP contribution < -0.4 is 5.32 Å². The second-order valence-electron chi connectivity index (χ2n) is 7.71. The maximum atomic E-state index is 12.5. The molecule has 0 saturated carbocycles. The number of amides is 2. The van der Waals surface area contributed by atoms with Gasteiger partial charge in [-0.3, -0.25) is 10.1 Å². The van der Waals surface area contributed by atoms with Gasteiger partial charge in [-0.1, -0.05) is 30.3 Å². The second-order valence-corrected chi connectivity index (χ2v) is 8.79. The number of carboxylic acids is 1. The van der Waals surface area contributed by atoms with Gasteiger partial charge in [0.2, 0.25) is 0 Å². The molecule has 142 valence electrons. The highest BCUT2D eigenvalue weighted by molar-refractivity contribution is 7.15. The molecule has 1 aromatic carbocycles. The molecule has 1 saturated heterocycles. The average molecular weight is 385 g/mol. The van der Waals surface area contributed by atoms with Gasteiger partial charge in [0.05, 0.1) is 11.1 Å². The largest absolute Gasteiger partial charge is 0.481 e. The Kier molecular flexibility index (Phi) is 4.63. The first-order valence-corrected chi connectivity index (χ1v) is 10.1. The van der Waals surface area contributed by atoms with E-state index in [4.69, 9.17) is 0 Å². The van der Waals surface area contributed by atoms with E-state index in [9.17, 15) is 14.7 Å². The van der Waals surface area contributed by atoms with Crippen molar-refractivity contribution in [1.29, 1.82) is 0 Å². The van der Waals surface area contributed by atoms with Crippen molar-refractivity contribution in [2.75, 3.05) is 18.4 Å². The van der Waals surface area contributed by atoms with Crippen LogP contribution in [0.2, 0.25) is 0 Å². The Labute approximate surface area is 162 Å². The minimum Gasteiger partial charge on any atom is -0.481 e. The monoisotopic (exact) mass is 385 g/mol. The molecular formula is C20H23N3O3S. The Bertz CT molecular complexity index is 867. The summed E-state index contributed by atoms with van der Waals surface area (Å²) < 4.78 is 0. The molecule has 1 aromatic heterocycles. The number of carboxylic acid groups (broad SMARTS) is 1. The summed E-state index contributed by atoms with van der Waals surface area (Å²) in [4.78, 5) is 31.3. The number of nitrogens with zero attached hydrogens (tertiary/aromatic N) is 2. The molecule has 1 fully saturated rings. The van der Waals surface area contributed by atoms with Crippen molar-refractivity contribution in [3.8, 4) is 0 Å². The van der Waals surface area contributed by atoms with Crippen molar-refractivity contribution in [2.24, 2.45) is 5.41 Å². The molecule has 6 nitrogen and oxygen atoms in total. The number of thiazole rings is 1. The smallest absolute Gasteiger partial charge is 0.323 e. The van der Waals surface area contributed by atoms with Crippen molar-refractivity contribution in [3.05, 3.63) is 46.5 Å². The summed E-state index contributed by atoms with van der Waals surface area (Å²) in [6.45, 7) is 2.37. The lowest BCUT2D eigenvalue weighted by Crippen LogP contribution is -2.37. The van der Waals surface area contributed by atoms with Gasteiger partial charge in [-0.05, 0) is 44.1 Å². The van der Waals surface area contributed by atoms with Crippen LogP contribution >= 0.6 is 11.3 Å². The van der Waals surface area contributed by atoms with Crippen molar-refractivity contribution < 1.29 is 14.7 Å². The molecule has 2 heterocycles. The van der Waals surface area contributed by atoms with Crippen LogP contribution in [0.5, 0.6) is 0 Å². The standard InChI is InChI=1S/C20H23N3O3S/c1-20(17(24)25)9-10-23(12-20)19(26)22-18-21-15-8-7-14(11-16(15)27-18)13-5-3-2-4-6-13/h2-6,14H,7-12H2,1H3,(H,24,25)(H,21,22,26). The van der Waals surface area contributed by atoms with Gasteiger partial charge in [-0.15, -0.1) is 11.3 Å². The maximum absolute atomic E-state index is 12.5. The summed E-state index contributed by atoms with van der Waals surface area (Å²) in [5, 5.41) is 12.8. The van der Waals surface area contributed by atoms with Gasteiger partial charge in [-0.2, -0.15) is 0 Å². The number of aromatic nitrogens is 1. The lowest BCUT2D eigenvalue weighted by Gasteiger charge is -2.21. The molecule has 0 bridgehead atoms. The zero-order valence-corrected chi connectivity index (χ0v) is 16.1. The third-order valence-corrected chi connectivity index (χ3v) is 6.74. The van der Waals surface area contributed by atoms with E-state index in [-0.39, 0.29) is 12.6 Å². The lowest BCUT2D eigenvalue weighted by atomic mass is 9.85. The molecule has 1 aliphatic carbocycles. The molecule has 2 amide bonds. The van der Waals surface area contributed by atoms with E-state index in [0.717, 1.165) is 25.0 Å². The normalized spacial score (nSPS) is 24.5. The fourth-order valence-corrected chi connectivity index (χ4v) is 5.00. The summed E-state index contributed by atoms with van der Waals surface area (Å²) in [5.41, 5.74) is 1.58. The molecule has 1 aliphatic heterocycles. The van der Waals surface area contributed by atoms with E-state index in [1.165, 1.54) is 10.4 Å². The molecule has 27 heavy (non-hydrogen) atoms. The van der Waals surface area contributed by atoms with Gasteiger partial charge in [-0.25, -0.2) is 9.78 Å². The highest BCUT2D eigenvalue weighted by Crippen LogP contribution is 2.37. The molecule has 0 radical (unpaired) electrons. The third-order valence-electron chi connectivity index (χ3n) is 5.70. The molecule has 2 aliphatic rings. The van der Waals surface area contributed by atoms with Crippen LogP contribution in [0.3, 0.4) is 0 Å². The van der Waals surface area contributed by atoms with Gasteiger partial charge in [0.15, 0.2) is 5.13 Å². The van der Waals surface area contributed by atoms with Crippen LogP contribution in [0.15, 0.2) is 30.3 Å². The topological polar surface area (TPSA) is 82.5 Å². The Hall–Kier alpha value is -2.41. The molecule has 4 rings (SSSR count). The van der Waals surface area contributed by atoms with Crippen LogP contribution in [0.1, 0.15) is 41.8 Å². The number of aryl methyl sites for hydroxylation is 1. The molecule has 2 aromatic rings. The number of likely N-dealkylation sites (tertiary alicyclic amines) is 1. The number of hydrogen-bond donors (Lipinski definition) is 2. The Morgan fingerprint density at radius 2 is 2.11 bits per heavy atom. The average Bonchev–Trinajstić information content (AvgIpc) is 3.25. The number of fused-ring (bicyclic) bond motifs is 1. The van der Waals surface area contributed by atoms with Crippen LogP contribution in [0.25, 0.3) is 0 Å². The molecule has 2 unspecified atom stereocenters. The van der Waals surface area contributed by atoms with Crippen molar-refractivity contribution in [3.63, 3.8) is 0 Å². The van der Waals surface area contributed by atoms with E-state index in [0.29, 0.717) is 24.0 Å². The zero-order valence-electron chi connectivity index (χ0n) is 15.3. The SMILES string of the molecule is CC1(C(=O)O)CCN(C(=O)Nc2nc3c(s2)CC(c2ccccc2)CC3)C1. The number of urea groups is 1. The van der Waals surface area contributed by atoms with Gasteiger partial charge >= 0.3 is 12.0 Å². The predicted molar refractivity (Wildman–Crippen MR) is 104 cm³/mol. The van der Waals surface area contributed by atoms with E-state index in [1.54, 1.807) is 23.2 Å². The molecule has 0 spiro atoms. The highest BCUT2D eigenvalue weighted by atomic mass is 32.1. The quantitative estimate of drug-likeness (QED) is 0.843. The van der Waals surface area contributed by atoms with Gasteiger partial charge in [0, 0.05) is 18.0 Å². The van der Waals surface area contributed by atoms with Gasteiger partial charge in [0.1, 0.15) is 0 Å². The number of aliphatic carboxylic acids is 1. The minimum absolute atomic E-state index is 0.231. The summed E-state index contributed by atoms with van der Waals surface area (Å²) in [7, 11) is 0. The van der Waals surface area contributed by atoms with Gasteiger partial charge < -0.3 is 10.0 Å². The number of rotatable bonds is 3. The number of carbonyl (C=O) groups is 2. The number of nitrogens with one attached hydrogen (secondary N) is 1. The number of hydrogen-bond acceptors (Lipinski definition) is 4. The zero-order chi connectivity index (χ0) is 19.0. The van der Waals surface area contributed by atoms with Crippen molar-refractivity contribution >= 4 is 28.5 Å². The molecule has 2 N–H and O–H groups in total. The summed E-state index contributed by atoms with van der Waals surface area (Å²) in [6, 6.07) is 10.3. The van der Waals surface area contributed by atoms with Gasteiger partial charge in [0.25, 0.3) is 0 Å². The van der Waals surface area contributed by atoms with Crippen molar-refractivity contribution in [1.82, 2.24) is 9.88 Å². The van der Waals surface area contributed by atoms with Crippen LogP contribution in [-0.4, -0.2) is 40.1 Å². The number of carbonyl (C=O) groups excluding carboxylic acids is 1. The van der Waals surface area contributed by atoms with E-state index < -0.39 is 11.4 Å². The highest BCUT2D eigenvalue weighted by Gasteiger charge is 2.42. The Balaban J connectivity index is 1.42. The number of anilines is 1. The summed E-state index contributed by atoms with van der Waals surface area (Å²) >= 11 is 1.54. The maximum Gasteiger partial charge on any atom is 0.323 e. The van der Waals surface area contributed by atoms with Crippen LogP contribution in [0, 0.1) is 5.41 Å². The second kappa shape index (κ2) is 6.96. The van der Waals surface area contributed by atoms with E-state index in [1.807, 2.05) is 6.07 Å². The first kappa shape index (κ1) is 18.0. The van der Waals surface area contributed by atoms with Crippen LogP contribution in [0.4, 0.5) is 9.93 Å². The molecule has 2 atom stereocenters. The minimum atomic E-state index is -0.859. The fourth-order valence-electron chi connectivity index (χ4n) is 3.92. The first-order chi connectivity index (χ1) is 12.9. The lowest BCUT2D eigenvalue weighted by molar-refractivity contribution is -0.146.